The van der Waals surface area contributed by atoms with Crippen molar-refractivity contribution in [3.63, 3.8) is 0 Å². The lowest BCUT2D eigenvalue weighted by atomic mass is 9.74. The highest BCUT2D eigenvalue weighted by Gasteiger charge is 2.40. The van der Waals surface area contributed by atoms with Crippen molar-refractivity contribution in [1.82, 2.24) is 10.6 Å². The molecule has 0 unspecified atom stereocenters. The van der Waals surface area contributed by atoms with E-state index < -0.39 is 53.6 Å². The van der Waals surface area contributed by atoms with Crippen LogP contribution >= 0.6 is 0 Å². The number of esters is 3. The first-order valence-corrected chi connectivity index (χ1v) is 14.5. The number of urea groups is 1. The third kappa shape index (κ3) is 9.65. The number of methoxy groups -OCH3 is 1. The molecule has 0 fully saturated rings. The number of hydrogen-bond donors (Lipinski definition) is 2. The van der Waals surface area contributed by atoms with Crippen molar-refractivity contribution in [3.05, 3.63) is 132 Å². The molecule has 0 spiro atoms. The van der Waals surface area contributed by atoms with Gasteiger partial charge in [-0.1, -0.05) is 66.7 Å². The number of rotatable bonds is 12. The first-order chi connectivity index (χ1) is 22.4. The maximum absolute atomic E-state index is 12.9. The Bertz CT molecular complexity index is 1540. The van der Waals surface area contributed by atoms with E-state index in [2.05, 4.69) is 10.6 Å². The Hall–Kier alpha value is -5.71. The molecule has 3 aromatic carbocycles. The Labute approximate surface area is 266 Å². The quantitative estimate of drug-likeness (QED) is 0.0986. The molecule has 0 radical (unpaired) electrons. The molecule has 2 N–H and O–H groups in total. The van der Waals surface area contributed by atoms with Crippen molar-refractivity contribution in [2.45, 2.75) is 6.04 Å². The zero-order valence-corrected chi connectivity index (χ0v) is 25.1. The summed E-state index contributed by atoms with van der Waals surface area (Å²) in [5.41, 5.74) is 1.03. The normalized spacial score (nSPS) is 18.6. The van der Waals surface area contributed by atoms with Crippen molar-refractivity contribution in [2.24, 2.45) is 17.8 Å². The van der Waals surface area contributed by atoms with Gasteiger partial charge in [-0.15, -0.1) is 0 Å². The van der Waals surface area contributed by atoms with Crippen LogP contribution in [0.2, 0.25) is 0 Å². The molecule has 4 rings (SSSR count). The highest BCUT2D eigenvalue weighted by Crippen LogP contribution is 2.33. The molecule has 3 amide bonds. The minimum atomic E-state index is -0.811. The Balaban J connectivity index is 1.58. The molecule has 0 aliphatic heterocycles. The lowest BCUT2D eigenvalue weighted by molar-refractivity contribution is -0.115. The SMILES string of the molecule is CO/C=C/C(=O)NC(=O)N[C@@H]1C=C[C@H](COC(=O)c2ccccc2)[C@H](COC(=O)c2ccccc2)[C@@H]1COC(=O)c1ccccc1. The van der Waals surface area contributed by atoms with Gasteiger partial charge >= 0.3 is 23.9 Å². The van der Waals surface area contributed by atoms with Crippen LogP contribution in [0.25, 0.3) is 0 Å². The zero-order valence-electron chi connectivity index (χ0n) is 25.1. The van der Waals surface area contributed by atoms with Crippen molar-refractivity contribution in [1.29, 1.82) is 0 Å². The van der Waals surface area contributed by atoms with Gasteiger partial charge in [0, 0.05) is 23.8 Å². The predicted octanol–water partition coefficient (Wildman–Crippen LogP) is 4.33. The fourth-order valence-corrected chi connectivity index (χ4v) is 4.90. The van der Waals surface area contributed by atoms with E-state index in [4.69, 9.17) is 18.9 Å². The summed E-state index contributed by atoms with van der Waals surface area (Å²) in [6, 6.07) is 23.7. The zero-order chi connectivity index (χ0) is 32.7. The number of carbonyl (C=O) groups is 5. The Morgan fingerprint density at radius 1 is 0.630 bits per heavy atom. The molecule has 3 aromatic rings. The monoisotopic (exact) mass is 626 g/mol. The fourth-order valence-electron chi connectivity index (χ4n) is 4.90. The molecular weight excluding hydrogens is 592 g/mol. The smallest absolute Gasteiger partial charge is 0.338 e. The van der Waals surface area contributed by atoms with Crippen LogP contribution in [-0.2, 0) is 23.7 Å². The molecule has 0 bridgehead atoms. The minimum absolute atomic E-state index is 0.0832. The van der Waals surface area contributed by atoms with Crippen molar-refractivity contribution in [2.75, 3.05) is 26.9 Å². The highest BCUT2D eigenvalue weighted by molar-refractivity contribution is 6.00. The first-order valence-electron chi connectivity index (χ1n) is 14.5. The number of nitrogens with one attached hydrogen (secondary N) is 2. The van der Waals surface area contributed by atoms with Gasteiger partial charge < -0.3 is 24.3 Å². The van der Waals surface area contributed by atoms with E-state index >= 15 is 0 Å². The molecular formula is C35H34N2O9. The van der Waals surface area contributed by atoms with Gasteiger partial charge in [0.2, 0.25) is 0 Å². The van der Waals surface area contributed by atoms with Gasteiger partial charge in [0.15, 0.2) is 0 Å². The number of ether oxygens (including phenoxy) is 4. The molecule has 1 aliphatic carbocycles. The van der Waals surface area contributed by atoms with Crippen LogP contribution in [0.1, 0.15) is 31.1 Å². The average molecular weight is 627 g/mol. The molecule has 238 valence electrons. The van der Waals surface area contributed by atoms with Crippen LogP contribution < -0.4 is 10.6 Å². The van der Waals surface area contributed by atoms with Crippen LogP contribution in [0, 0.1) is 17.8 Å². The second-order valence-electron chi connectivity index (χ2n) is 10.3. The number of hydrogen-bond acceptors (Lipinski definition) is 9. The molecule has 0 heterocycles. The van der Waals surface area contributed by atoms with Crippen LogP contribution in [0.3, 0.4) is 0 Å². The third-order valence-electron chi connectivity index (χ3n) is 7.27. The standard InChI is InChI=1S/C35H34N2O9/c1-43-20-19-31(38)37-35(42)36-30-18-17-27(21-44-32(39)24-11-5-2-6-12-24)28(22-45-33(40)25-13-7-3-8-14-25)29(30)23-46-34(41)26-15-9-4-10-16-26/h2-20,27-30H,21-23H2,1H3,(H2,36,37,38,42)/b20-19+/t27-,28+,29+,30-/m1/s1. The summed E-state index contributed by atoms with van der Waals surface area (Å²) in [7, 11) is 1.36. The lowest BCUT2D eigenvalue weighted by Crippen LogP contribution is -2.52. The summed E-state index contributed by atoms with van der Waals surface area (Å²) in [5.74, 6) is -4.19. The molecule has 4 atom stereocenters. The first kappa shape index (κ1) is 33.2. The van der Waals surface area contributed by atoms with Gasteiger partial charge in [-0.3, -0.25) is 10.1 Å². The van der Waals surface area contributed by atoms with Gasteiger partial charge in [0.25, 0.3) is 5.91 Å². The van der Waals surface area contributed by atoms with Crippen LogP contribution in [0.5, 0.6) is 0 Å². The largest absolute Gasteiger partial charge is 0.504 e. The van der Waals surface area contributed by atoms with E-state index in [1.165, 1.54) is 7.11 Å². The number of amides is 3. The van der Waals surface area contributed by atoms with Crippen molar-refractivity contribution >= 4 is 29.8 Å². The van der Waals surface area contributed by atoms with Crippen LogP contribution in [-0.4, -0.2) is 62.8 Å². The summed E-state index contributed by atoms with van der Waals surface area (Å²) in [5, 5.41) is 4.91. The average Bonchev–Trinajstić information content (AvgIpc) is 3.09. The van der Waals surface area contributed by atoms with E-state index in [0.717, 1.165) is 12.3 Å². The number of carbonyl (C=O) groups excluding carboxylic acids is 5. The summed E-state index contributed by atoms with van der Waals surface area (Å²) in [6.07, 6.45) is 5.57. The van der Waals surface area contributed by atoms with Gasteiger partial charge in [0.1, 0.15) is 0 Å². The molecule has 0 aromatic heterocycles. The summed E-state index contributed by atoms with van der Waals surface area (Å²) < 4.78 is 21.8. The minimum Gasteiger partial charge on any atom is -0.504 e. The van der Waals surface area contributed by atoms with Gasteiger partial charge in [-0.2, -0.15) is 0 Å². The van der Waals surface area contributed by atoms with Gasteiger partial charge in [0.05, 0.1) is 55.9 Å². The molecule has 0 saturated carbocycles. The van der Waals surface area contributed by atoms with E-state index in [-0.39, 0.29) is 19.8 Å². The second-order valence-corrected chi connectivity index (χ2v) is 10.3. The number of imide groups is 1. The van der Waals surface area contributed by atoms with Crippen LogP contribution in [0.15, 0.2) is 115 Å². The van der Waals surface area contributed by atoms with E-state index in [1.807, 2.05) is 0 Å². The van der Waals surface area contributed by atoms with Gasteiger partial charge in [-0.25, -0.2) is 19.2 Å². The van der Waals surface area contributed by atoms with Crippen molar-refractivity contribution in [3.8, 4) is 0 Å². The summed E-state index contributed by atoms with van der Waals surface area (Å²) in [6.45, 7) is -0.439. The molecule has 0 saturated heterocycles. The lowest BCUT2D eigenvalue weighted by Gasteiger charge is -2.39. The molecule has 11 heteroatoms. The third-order valence-corrected chi connectivity index (χ3v) is 7.27. The van der Waals surface area contributed by atoms with E-state index in [9.17, 15) is 24.0 Å². The fraction of sp³-hybridized carbons (Fsp3) is 0.229. The highest BCUT2D eigenvalue weighted by atomic mass is 16.5. The van der Waals surface area contributed by atoms with E-state index in [1.54, 1.807) is 103 Å². The van der Waals surface area contributed by atoms with Crippen molar-refractivity contribution < 1.29 is 42.9 Å². The predicted molar refractivity (Wildman–Crippen MR) is 166 cm³/mol. The summed E-state index contributed by atoms with van der Waals surface area (Å²) in [4.78, 5) is 63.5. The van der Waals surface area contributed by atoms with Gasteiger partial charge in [-0.05, 0) is 36.4 Å². The maximum Gasteiger partial charge on any atom is 0.338 e. The molecule has 46 heavy (non-hydrogen) atoms. The maximum atomic E-state index is 12.9. The van der Waals surface area contributed by atoms with E-state index in [0.29, 0.717) is 16.7 Å². The number of benzene rings is 3. The van der Waals surface area contributed by atoms with Crippen LogP contribution in [0.4, 0.5) is 4.79 Å². The Morgan fingerprint density at radius 3 is 1.57 bits per heavy atom. The Kier molecular flexibility index (Phi) is 12.2. The molecule has 11 nitrogen and oxygen atoms in total. The topological polar surface area (TPSA) is 146 Å². The second kappa shape index (κ2) is 17.0. The summed E-state index contributed by atoms with van der Waals surface area (Å²) >= 11 is 0. The Morgan fingerprint density at radius 2 is 1.09 bits per heavy atom. The molecule has 1 aliphatic rings.